The van der Waals surface area contributed by atoms with Crippen LogP contribution in [0.25, 0.3) is 0 Å². The van der Waals surface area contributed by atoms with Crippen LogP contribution in [0.15, 0.2) is 24.3 Å². The van der Waals surface area contributed by atoms with Gasteiger partial charge in [-0.05, 0) is 38.9 Å². The van der Waals surface area contributed by atoms with Gasteiger partial charge in [0.2, 0.25) is 5.91 Å². The number of aryl methyl sites for hydroxylation is 1. The number of likely N-dealkylation sites (tertiary alicyclic amines) is 1. The first kappa shape index (κ1) is 18.0. The fourth-order valence-corrected chi connectivity index (χ4v) is 2.60. The molecule has 118 valence electrons. The Morgan fingerprint density at radius 2 is 2.05 bits per heavy atom. The highest BCUT2D eigenvalue weighted by molar-refractivity contribution is 5.85. The van der Waals surface area contributed by atoms with E-state index in [0.717, 1.165) is 25.1 Å². The Bertz CT molecular complexity index is 436. The van der Waals surface area contributed by atoms with E-state index in [1.807, 2.05) is 7.05 Å². The lowest BCUT2D eigenvalue weighted by Gasteiger charge is -2.31. The van der Waals surface area contributed by atoms with Gasteiger partial charge in [0.15, 0.2) is 0 Å². The Kier molecular flexibility index (Phi) is 7.72. The van der Waals surface area contributed by atoms with Gasteiger partial charge in [-0.15, -0.1) is 12.4 Å². The Hall–Kier alpha value is -1.10. The Labute approximate surface area is 133 Å². The van der Waals surface area contributed by atoms with E-state index in [-0.39, 0.29) is 18.3 Å². The van der Waals surface area contributed by atoms with Crippen LogP contribution in [0.4, 0.5) is 0 Å². The number of halogens is 1. The third-order valence-corrected chi connectivity index (χ3v) is 3.89. The summed E-state index contributed by atoms with van der Waals surface area (Å²) in [6.45, 7) is 5.17. The van der Waals surface area contributed by atoms with Crippen LogP contribution >= 0.6 is 12.4 Å². The molecule has 1 aliphatic rings. The minimum absolute atomic E-state index is 0. The van der Waals surface area contributed by atoms with E-state index in [1.165, 1.54) is 12.0 Å². The van der Waals surface area contributed by atoms with Crippen molar-refractivity contribution in [3.8, 4) is 0 Å². The molecule has 0 bridgehead atoms. The Morgan fingerprint density at radius 3 is 2.71 bits per heavy atom. The summed E-state index contributed by atoms with van der Waals surface area (Å²) in [5, 5.41) is 6.29. The summed E-state index contributed by atoms with van der Waals surface area (Å²) in [6, 6.07) is 8.79. The first-order valence-corrected chi connectivity index (χ1v) is 7.39. The molecule has 1 aromatic carbocycles. The van der Waals surface area contributed by atoms with Crippen LogP contribution in [0.2, 0.25) is 0 Å². The molecule has 5 heteroatoms. The van der Waals surface area contributed by atoms with Gasteiger partial charge in [-0.2, -0.15) is 0 Å². The monoisotopic (exact) mass is 311 g/mol. The summed E-state index contributed by atoms with van der Waals surface area (Å²) in [6.07, 6.45) is 2.37. The van der Waals surface area contributed by atoms with Crippen molar-refractivity contribution >= 4 is 18.3 Å². The highest BCUT2D eigenvalue weighted by Crippen LogP contribution is 2.09. The SMILES string of the molecule is CNC1CCCN(CC(=O)NCc2ccc(C)cc2)C1.Cl. The zero-order valence-electron chi connectivity index (χ0n) is 12.9. The van der Waals surface area contributed by atoms with Crippen molar-refractivity contribution in [3.63, 3.8) is 0 Å². The number of carbonyl (C=O) groups excluding carboxylic acids is 1. The smallest absolute Gasteiger partial charge is 0.234 e. The van der Waals surface area contributed by atoms with E-state index < -0.39 is 0 Å². The molecular formula is C16H26ClN3O. The molecule has 1 heterocycles. The van der Waals surface area contributed by atoms with Gasteiger partial charge < -0.3 is 10.6 Å². The number of nitrogens with zero attached hydrogens (tertiary/aromatic N) is 1. The zero-order chi connectivity index (χ0) is 14.4. The molecule has 21 heavy (non-hydrogen) atoms. The molecular weight excluding hydrogens is 286 g/mol. The molecule has 1 atom stereocenters. The maximum atomic E-state index is 12.0. The number of amides is 1. The normalized spacial score (nSPS) is 18.9. The highest BCUT2D eigenvalue weighted by atomic mass is 35.5. The van der Waals surface area contributed by atoms with E-state index in [9.17, 15) is 4.79 Å². The molecule has 1 saturated heterocycles. The van der Waals surface area contributed by atoms with E-state index in [4.69, 9.17) is 0 Å². The molecule has 0 aromatic heterocycles. The second-order valence-electron chi connectivity index (χ2n) is 5.63. The van der Waals surface area contributed by atoms with Crippen LogP contribution < -0.4 is 10.6 Å². The molecule has 0 spiro atoms. The average Bonchev–Trinajstić information content (AvgIpc) is 2.47. The fraction of sp³-hybridized carbons (Fsp3) is 0.562. The number of hydrogen-bond acceptors (Lipinski definition) is 3. The number of piperidine rings is 1. The van der Waals surface area contributed by atoms with Crippen molar-refractivity contribution < 1.29 is 4.79 Å². The van der Waals surface area contributed by atoms with Crippen molar-refractivity contribution in [1.82, 2.24) is 15.5 Å². The molecule has 1 unspecified atom stereocenters. The van der Waals surface area contributed by atoms with Crippen molar-refractivity contribution in [2.75, 3.05) is 26.7 Å². The lowest BCUT2D eigenvalue weighted by Crippen LogP contribution is -2.47. The van der Waals surface area contributed by atoms with Crippen LogP contribution in [0.3, 0.4) is 0 Å². The van der Waals surface area contributed by atoms with Gasteiger partial charge in [0, 0.05) is 19.1 Å². The number of benzene rings is 1. The summed E-state index contributed by atoms with van der Waals surface area (Å²) in [5.41, 5.74) is 2.39. The lowest BCUT2D eigenvalue weighted by atomic mass is 10.1. The molecule has 0 radical (unpaired) electrons. The van der Waals surface area contributed by atoms with Gasteiger partial charge >= 0.3 is 0 Å². The average molecular weight is 312 g/mol. The first-order valence-electron chi connectivity index (χ1n) is 7.39. The highest BCUT2D eigenvalue weighted by Gasteiger charge is 2.19. The molecule has 4 nitrogen and oxygen atoms in total. The topological polar surface area (TPSA) is 44.4 Å². The molecule has 2 N–H and O–H groups in total. The zero-order valence-corrected chi connectivity index (χ0v) is 13.7. The maximum Gasteiger partial charge on any atom is 0.234 e. The van der Waals surface area contributed by atoms with E-state index in [1.54, 1.807) is 0 Å². The van der Waals surface area contributed by atoms with Crippen molar-refractivity contribution in [1.29, 1.82) is 0 Å². The fourth-order valence-electron chi connectivity index (χ4n) is 2.60. The number of likely N-dealkylation sites (N-methyl/N-ethyl adjacent to an activating group) is 1. The molecule has 1 amide bonds. The molecule has 0 aliphatic carbocycles. The number of nitrogens with one attached hydrogen (secondary N) is 2. The van der Waals surface area contributed by atoms with Crippen LogP contribution in [0, 0.1) is 6.92 Å². The predicted molar refractivity (Wildman–Crippen MR) is 88.8 cm³/mol. The van der Waals surface area contributed by atoms with E-state index >= 15 is 0 Å². The Morgan fingerprint density at radius 1 is 1.33 bits per heavy atom. The lowest BCUT2D eigenvalue weighted by molar-refractivity contribution is -0.122. The van der Waals surface area contributed by atoms with Gasteiger partial charge in [0.05, 0.1) is 6.54 Å². The van der Waals surface area contributed by atoms with Gasteiger partial charge in [-0.1, -0.05) is 29.8 Å². The van der Waals surface area contributed by atoms with Crippen molar-refractivity contribution in [2.45, 2.75) is 32.4 Å². The van der Waals surface area contributed by atoms with Gasteiger partial charge in [-0.25, -0.2) is 0 Å². The van der Waals surface area contributed by atoms with Gasteiger partial charge in [0.1, 0.15) is 0 Å². The summed E-state index contributed by atoms with van der Waals surface area (Å²) in [4.78, 5) is 14.2. The molecule has 1 fully saturated rings. The number of hydrogen-bond donors (Lipinski definition) is 2. The summed E-state index contributed by atoms with van der Waals surface area (Å²) >= 11 is 0. The third-order valence-electron chi connectivity index (χ3n) is 3.89. The molecule has 0 saturated carbocycles. The summed E-state index contributed by atoms with van der Waals surface area (Å²) in [7, 11) is 1.99. The third kappa shape index (κ3) is 6.04. The first-order chi connectivity index (χ1) is 9.67. The summed E-state index contributed by atoms with van der Waals surface area (Å²) in [5.74, 6) is 0.113. The Balaban J connectivity index is 0.00000220. The van der Waals surface area contributed by atoms with E-state index in [2.05, 4.69) is 46.7 Å². The molecule has 2 rings (SSSR count). The van der Waals surface area contributed by atoms with Crippen LogP contribution in [0.5, 0.6) is 0 Å². The predicted octanol–water partition coefficient (Wildman–Crippen LogP) is 1.72. The summed E-state index contributed by atoms with van der Waals surface area (Å²) < 4.78 is 0. The largest absolute Gasteiger partial charge is 0.351 e. The van der Waals surface area contributed by atoms with E-state index in [0.29, 0.717) is 19.1 Å². The number of rotatable bonds is 5. The number of carbonyl (C=O) groups is 1. The maximum absolute atomic E-state index is 12.0. The second kappa shape index (κ2) is 9.03. The quantitative estimate of drug-likeness (QED) is 0.870. The van der Waals surface area contributed by atoms with Crippen molar-refractivity contribution in [2.24, 2.45) is 0 Å². The molecule has 1 aliphatic heterocycles. The standard InChI is InChI=1S/C16H25N3O.ClH/c1-13-5-7-14(8-6-13)10-18-16(20)12-19-9-3-4-15(11-19)17-2;/h5-8,15,17H,3-4,9-12H2,1-2H3,(H,18,20);1H. The van der Waals surface area contributed by atoms with Gasteiger partial charge in [0.25, 0.3) is 0 Å². The second-order valence-corrected chi connectivity index (χ2v) is 5.63. The minimum Gasteiger partial charge on any atom is -0.351 e. The van der Waals surface area contributed by atoms with Crippen LogP contribution in [-0.2, 0) is 11.3 Å². The van der Waals surface area contributed by atoms with Gasteiger partial charge in [-0.3, -0.25) is 9.69 Å². The molecule has 1 aromatic rings. The van der Waals surface area contributed by atoms with Crippen LogP contribution in [-0.4, -0.2) is 43.5 Å². The van der Waals surface area contributed by atoms with Crippen LogP contribution in [0.1, 0.15) is 24.0 Å². The minimum atomic E-state index is 0. The van der Waals surface area contributed by atoms with Crippen molar-refractivity contribution in [3.05, 3.63) is 35.4 Å².